The van der Waals surface area contributed by atoms with E-state index >= 15 is 0 Å². The van der Waals surface area contributed by atoms with Gasteiger partial charge in [-0.2, -0.15) is 0 Å². The number of nitrogens with zero attached hydrogens (tertiary/aromatic N) is 2. The van der Waals surface area contributed by atoms with Gasteiger partial charge in [0.05, 0.1) is 17.5 Å². The molecule has 0 saturated carbocycles. The quantitative estimate of drug-likeness (QED) is 0.818. The number of pyridine rings is 1. The topological polar surface area (TPSA) is 62.4 Å². The van der Waals surface area contributed by atoms with Crippen LogP contribution in [-0.2, 0) is 0 Å². The van der Waals surface area contributed by atoms with Crippen LogP contribution in [0.4, 0.5) is 11.5 Å². The lowest BCUT2D eigenvalue weighted by Crippen LogP contribution is -2.44. The fourth-order valence-corrected chi connectivity index (χ4v) is 2.37. The first-order valence-electron chi connectivity index (χ1n) is 6.15. The Kier molecular flexibility index (Phi) is 3.24. The molecule has 1 atom stereocenters. The van der Waals surface area contributed by atoms with Crippen molar-refractivity contribution in [1.29, 1.82) is 0 Å². The molecule has 1 aromatic rings. The van der Waals surface area contributed by atoms with Crippen LogP contribution in [0.1, 0.15) is 26.7 Å². The van der Waals surface area contributed by atoms with Crippen molar-refractivity contribution in [2.24, 2.45) is 5.92 Å². The number of aromatic nitrogens is 1. The van der Waals surface area contributed by atoms with Crippen LogP contribution in [0.15, 0.2) is 18.3 Å². The van der Waals surface area contributed by atoms with Crippen molar-refractivity contribution in [2.75, 3.05) is 23.7 Å². The van der Waals surface area contributed by atoms with Gasteiger partial charge in [-0.3, -0.25) is 0 Å². The molecule has 1 aliphatic rings. The SMILES string of the molecule is CC(C)(O)[C@H]1CCCN(c2ccc(N)nc2)C1. The minimum Gasteiger partial charge on any atom is -0.390 e. The first-order chi connectivity index (χ1) is 7.97. The molecule has 17 heavy (non-hydrogen) atoms. The first-order valence-corrected chi connectivity index (χ1v) is 6.15. The molecule has 0 unspecified atom stereocenters. The van der Waals surface area contributed by atoms with Crippen LogP contribution in [0.25, 0.3) is 0 Å². The normalized spacial score (nSPS) is 21.6. The minimum atomic E-state index is -0.611. The zero-order chi connectivity index (χ0) is 12.5. The van der Waals surface area contributed by atoms with Gasteiger partial charge in [0.25, 0.3) is 0 Å². The average Bonchev–Trinajstić information content (AvgIpc) is 2.29. The molecule has 4 heteroatoms. The predicted octanol–water partition coefficient (Wildman–Crippen LogP) is 1.65. The molecule has 1 fully saturated rings. The fourth-order valence-electron chi connectivity index (χ4n) is 2.37. The number of hydrogen-bond acceptors (Lipinski definition) is 4. The second kappa shape index (κ2) is 4.53. The Labute approximate surface area is 102 Å². The van der Waals surface area contributed by atoms with Crippen molar-refractivity contribution in [3.63, 3.8) is 0 Å². The Morgan fingerprint density at radius 2 is 2.24 bits per heavy atom. The Hall–Kier alpha value is -1.29. The highest BCUT2D eigenvalue weighted by atomic mass is 16.3. The van der Waals surface area contributed by atoms with E-state index in [1.54, 1.807) is 0 Å². The summed E-state index contributed by atoms with van der Waals surface area (Å²) in [6.07, 6.45) is 4.00. The Morgan fingerprint density at radius 1 is 1.47 bits per heavy atom. The van der Waals surface area contributed by atoms with E-state index in [2.05, 4.69) is 9.88 Å². The standard InChI is InChI=1S/C13H21N3O/c1-13(2,17)10-4-3-7-16(9-10)11-5-6-12(14)15-8-11/h5-6,8,10,17H,3-4,7,9H2,1-2H3,(H2,14,15)/t10-/m0/s1. The third kappa shape index (κ3) is 2.88. The van der Waals surface area contributed by atoms with Crippen LogP contribution in [-0.4, -0.2) is 28.8 Å². The Morgan fingerprint density at radius 3 is 2.82 bits per heavy atom. The van der Waals surface area contributed by atoms with E-state index < -0.39 is 5.60 Å². The van der Waals surface area contributed by atoms with Gasteiger partial charge in [0, 0.05) is 19.0 Å². The summed E-state index contributed by atoms with van der Waals surface area (Å²) in [7, 11) is 0. The monoisotopic (exact) mass is 235 g/mol. The molecular weight excluding hydrogens is 214 g/mol. The van der Waals surface area contributed by atoms with E-state index in [9.17, 15) is 5.11 Å². The smallest absolute Gasteiger partial charge is 0.123 e. The number of nitrogen functional groups attached to an aromatic ring is 1. The van der Waals surface area contributed by atoms with Gasteiger partial charge < -0.3 is 15.7 Å². The molecule has 0 aliphatic carbocycles. The van der Waals surface area contributed by atoms with Crippen LogP contribution in [0, 0.1) is 5.92 Å². The van der Waals surface area contributed by atoms with Gasteiger partial charge >= 0.3 is 0 Å². The van der Waals surface area contributed by atoms with Crippen LogP contribution in [0.3, 0.4) is 0 Å². The molecule has 1 saturated heterocycles. The van der Waals surface area contributed by atoms with Crippen LogP contribution in [0.2, 0.25) is 0 Å². The molecule has 0 spiro atoms. The van der Waals surface area contributed by atoms with Gasteiger partial charge in [-0.1, -0.05) is 0 Å². The van der Waals surface area contributed by atoms with Gasteiger partial charge in [0.1, 0.15) is 5.82 Å². The molecule has 4 nitrogen and oxygen atoms in total. The molecule has 0 bridgehead atoms. The molecular formula is C13H21N3O. The van der Waals surface area contributed by atoms with Gasteiger partial charge in [0.2, 0.25) is 0 Å². The van der Waals surface area contributed by atoms with E-state index in [0.29, 0.717) is 11.7 Å². The maximum absolute atomic E-state index is 10.1. The molecule has 94 valence electrons. The van der Waals surface area contributed by atoms with Gasteiger partial charge in [-0.15, -0.1) is 0 Å². The van der Waals surface area contributed by atoms with E-state index in [1.165, 1.54) is 0 Å². The van der Waals surface area contributed by atoms with E-state index in [0.717, 1.165) is 31.6 Å². The fraction of sp³-hybridized carbons (Fsp3) is 0.615. The molecule has 2 heterocycles. The van der Waals surface area contributed by atoms with Crippen molar-refractivity contribution < 1.29 is 5.11 Å². The molecule has 1 aromatic heterocycles. The third-order valence-corrected chi connectivity index (χ3v) is 3.56. The van der Waals surface area contributed by atoms with Crippen molar-refractivity contribution in [2.45, 2.75) is 32.3 Å². The second-order valence-electron chi connectivity index (χ2n) is 5.38. The summed E-state index contributed by atoms with van der Waals surface area (Å²) in [5.41, 5.74) is 6.06. The Balaban J connectivity index is 2.09. The van der Waals surface area contributed by atoms with E-state index in [-0.39, 0.29) is 0 Å². The van der Waals surface area contributed by atoms with Gasteiger partial charge in [-0.25, -0.2) is 4.98 Å². The lowest BCUT2D eigenvalue weighted by Gasteiger charge is -2.39. The summed E-state index contributed by atoms with van der Waals surface area (Å²) < 4.78 is 0. The minimum absolute atomic E-state index is 0.314. The molecule has 1 aliphatic heterocycles. The zero-order valence-corrected chi connectivity index (χ0v) is 10.6. The summed E-state index contributed by atoms with van der Waals surface area (Å²) in [4.78, 5) is 6.39. The summed E-state index contributed by atoms with van der Waals surface area (Å²) in [5, 5.41) is 10.1. The van der Waals surface area contributed by atoms with Crippen molar-refractivity contribution in [3.8, 4) is 0 Å². The summed E-state index contributed by atoms with van der Waals surface area (Å²) in [5.74, 6) is 0.860. The van der Waals surface area contributed by atoms with Crippen LogP contribution < -0.4 is 10.6 Å². The van der Waals surface area contributed by atoms with Crippen molar-refractivity contribution >= 4 is 11.5 Å². The largest absolute Gasteiger partial charge is 0.390 e. The first kappa shape index (κ1) is 12.2. The van der Waals surface area contributed by atoms with Gasteiger partial charge in [0.15, 0.2) is 0 Å². The molecule has 2 rings (SSSR count). The van der Waals surface area contributed by atoms with E-state index in [1.807, 2.05) is 32.2 Å². The summed E-state index contributed by atoms with van der Waals surface area (Å²) >= 11 is 0. The highest BCUT2D eigenvalue weighted by Crippen LogP contribution is 2.29. The molecule has 3 N–H and O–H groups in total. The average molecular weight is 235 g/mol. The van der Waals surface area contributed by atoms with Crippen LogP contribution in [0.5, 0.6) is 0 Å². The van der Waals surface area contributed by atoms with Crippen LogP contribution >= 0.6 is 0 Å². The lowest BCUT2D eigenvalue weighted by atomic mass is 9.84. The van der Waals surface area contributed by atoms with E-state index in [4.69, 9.17) is 5.73 Å². The predicted molar refractivity (Wildman–Crippen MR) is 69.9 cm³/mol. The number of anilines is 2. The number of hydrogen-bond donors (Lipinski definition) is 2. The molecule has 0 aromatic carbocycles. The number of piperidine rings is 1. The molecule has 0 radical (unpaired) electrons. The van der Waals surface area contributed by atoms with Gasteiger partial charge in [-0.05, 0) is 38.8 Å². The second-order valence-corrected chi connectivity index (χ2v) is 5.38. The summed E-state index contributed by atoms with van der Waals surface area (Å²) in [6, 6.07) is 3.82. The summed E-state index contributed by atoms with van der Waals surface area (Å²) in [6.45, 7) is 5.69. The highest BCUT2D eigenvalue weighted by Gasteiger charge is 2.31. The maximum Gasteiger partial charge on any atom is 0.123 e. The maximum atomic E-state index is 10.1. The zero-order valence-electron chi connectivity index (χ0n) is 10.6. The number of aliphatic hydroxyl groups is 1. The number of rotatable bonds is 2. The third-order valence-electron chi connectivity index (χ3n) is 3.56. The van der Waals surface area contributed by atoms with Crippen molar-refractivity contribution in [3.05, 3.63) is 18.3 Å². The molecule has 0 amide bonds. The Bertz CT molecular complexity index is 369. The number of nitrogens with two attached hydrogens (primary N) is 1. The van der Waals surface area contributed by atoms with Crippen molar-refractivity contribution in [1.82, 2.24) is 4.98 Å². The highest BCUT2D eigenvalue weighted by molar-refractivity contribution is 5.48. The lowest BCUT2D eigenvalue weighted by molar-refractivity contribution is 0.0110.